The molecule has 0 fully saturated rings. The van der Waals surface area contributed by atoms with Gasteiger partial charge in [0.1, 0.15) is 0 Å². The van der Waals surface area contributed by atoms with Crippen molar-refractivity contribution < 1.29 is 14.4 Å². The maximum absolute atomic E-state index is 11.5. The number of amides is 3. The van der Waals surface area contributed by atoms with Gasteiger partial charge < -0.3 is 21.7 Å². The van der Waals surface area contributed by atoms with Crippen LogP contribution in [0.2, 0.25) is 0 Å². The summed E-state index contributed by atoms with van der Waals surface area (Å²) in [5, 5.41) is 7.52. The van der Waals surface area contributed by atoms with Gasteiger partial charge >= 0.3 is 0 Å². The topological polar surface area (TPSA) is 113 Å². The summed E-state index contributed by atoms with van der Waals surface area (Å²) in [7, 11) is 1.58. The van der Waals surface area contributed by atoms with Crippen LogP contribution in [0, 0.1) is 0 Å². The van der Waals surface area contributed by atoms with Crippen molar-refractivity contribution in [2.45, 2.75) is 6.42 Å². The highest BCUT2D eigenvalue weighted by atomic mass is 16.2. The van der Waals surface area contributed by atoms with Crippen LogP contribution < -0.4 is 21.7 Å². The number of nitrogens with one attached hydrogen (secondary N) is 3. The van der Waals surface area contributed by atoms with Crippen LogP contribution in [0.4, 0.5) is 5.69 Å². The summed E-state index contributed by atoms with van der Waals surface area (Å²) in [6.45, 7) is -0.280. The van der Waals surface area contributed by atoms with E-state index in [-0.39, 0.29) is 37.2 Å². The first-order valence-electron chi connectivity index (χ1n) is 6.11. The molecular weight excluding hydrogens is 260 g/mol. The molecule has 0 aliphatic heterocycles. The van der Waals surface area contributed by atoms with Crippen LogP contribution in [0.15, 0.2) is 24.3 Å². The Hall–Kier alpha value is -2.41. The van der Waals surface area contributed by atoms with Gasteiger partial charge in [-0.25, -0.2) is 0 Å². The molecule has 5 N–H and O–H groups in total. The number of hydrogen-bond donors (Lipinski definition) is 4. The fourth-order valence-corrected chi connectivity index (χ4v) is 1.44. The van der Waals surface area contributed by atoms with Crippen molar-refractivity contribution in [3.05, 3.63) is 29.8 Å². The van der Waals surface area contributed by atoms with E-state index in [2.05, 4.69) is 16.0 Å². The number of likely N-dealkylation sites (N-methyl/N-ethyl adjacent to an activating group) is 1. The Morgan fingerprint density at radius 2 is 1.70 bits per heavy atom. The first-order chi connectivity index (χ1) is 9.55. The van der Waals surface area contributed by atoms with Gasteiger partial charge in [-0.2, -0.15) is 0 Å². The number of benzene rings is 1. The van der Waals surface area contributed by atoms with E-state index in [1.165, 1.54) is 0 Å². The van der Waals surface area contributed by atoms with Crippen LogP contribution in [-0.4, -0.2) is 37.9 Å². The second kappa shape index (κ2) is 7.90. The zero-order chi connectivity index (χ0) is 15.0. The summed E-state index contributed by atoms with van der Waals surface area (Å²) in [4.78, 5) is 33.6. The molecule has 0 saturated heterocycles. The van der Waals surface area contributed by atoms with E-state index in [4.69, 9.17) is 5.73 Å². The fraction of sp³-hybridized carbons (Fsp3) is 0.308. The predicted octanol–water partition coefficient (Wildman–Crippen LogP) is -1.01. The van der Waals surface area contributed by atoms with E-state index in [1.807, 2.05) is 0 Å². The summed E-state index contributed by atoms with van der Waals surface area (Å²) in [6, 6.07) is 6.90. The first kappa shape index (κ1) is 15.6. The number of carbonyl (C=O) groups excluding carboxylic acids is 3. The van der Waals surface area contributed by atoms with Crippen molar-refractivity contribution in [3.8, 4) is 0 Å². The maximum Gasteiger partial charge on any atom is 0.243 e. The highest BCUT2D eigenvalue weighted by molar-refractivity contribution is 5.94. The molecule has 7 heteroatoms. The number of nitrogens with two attached hydrogens (primary N) is 1. The highest BCUT2D eigenvalue weighted by Crippen LogP contribution is 2.09. The smallest absolute Gasteiger partial charge is 0.243 e. The quantitative estimate of drug-likeness (QED) is 0.534. The lowest BCUT2D eigenvalue weighted by Gasteiger charge is -2.07. The monoisotopic (exact) mass is 278 g/mol. The van der Waals surface area contributed by atoms with E-state index >= 15 is 0 Å². The van der Waals surface area contributed by atoms with Crippen molar-refractivity contribution >= 4 is 23.4 Å². The largest absolute Gasteiger partial charge is 0.359 e. The molecule has 0 atom stereocenters. The zero-order valence-corrected chi connectivity index (χ0v) is 11.2. The predicted molar refractivity (Wildman–Crippen MR) is 74.9 cm³/mol. The Balaban J connectivity index is 2.46. The van der Waals surface area contributed by atoms with Gasteiger partial charge in [-0.05, 0) is 17.7 Å². The molecule has 0 unspecified atom stereocenters. The van der Waals surface area contributed by atoms with Gasteiger partial charge in [0.05, 0.1) is 19.5 Å². The minimum absolute atomic E-state index is 0.0775. The molecule has 0 saturated carbocycles. The van der Waals surface area contributed by atoms with Crippen LogP contribution in [0.25, 0.3) is 0 Å². The molecule has 1 aromatic rings. The molecule has 0 radical (unpaired) electrons. The third-order valence-electron chi connectivity index (χ3n) is 2.51. The fourth-order valence-electron chi connectivity index (χ4n) is 1.44. The van der Waals surface area contributed by atoms with Crippen LogP contribution in [0.1, 0.15) is 5.56 Å². The standard InChI is InChI=1S/C13H18N4O3/c1-15-11(18)6-9-2-4-10(5-3-9)17-13(20)8-16-12(19)7-14/h2-5H,6-8,14H2,1H3,(H,15,18)(H,16,19)(H,17,20). The van der Waals surface area contributed by atoms with Gasteiger partial charge in [-0.1, -0.05) is 12.1 Å². The van der Waals surface area contributed by atoms with Crippen molar-refractivity contribution in [3.63, 3.8) is 0 Å². The maximum atomic E-state index is 11.5. The molecule has 7 nitrogen and oxygen atoms in total. The molecule has 108 valence electrons. The van der Waals surface area contributed by atoms with E-state index in [1.54, 1.807) is 31.3 Å². The SMILES string of the molecule is CNC(=O)Cc1ccc(NC(=O)CNC(=O)CN)cc1. The summed E-state index contributed by atoms with van der Waals surface area (Å²) in [6.07, 6.45) is 0.289. The van der Waals surface area contributed by atoms with Crippen molar-refractivity contribution in [1.82, 2.24) is 10.6 Å². The lowest BCUT2D eigenvalue weighted by molar-refractivity contribution is -0.123. The third-order valence-corrected chi connectivity index (χ3v) is 2.51. The molecule has 0 aromatic heterocycles. The molecule has 1 rings (SSSR count). The van der Waals surface area contributed by atoms with Gasteiger partial charge in [0.15, 0.2) is 0 Å². The van der Waals surface area contributed by atoms with Crippen molar-refractivity contribution in [2.24, 2.45) is 5.73 Å². The van der Waals surface area contributed by atoms with Gasteiger partial charge in [0, 0.05) is 12.7 Å². The van der Waals surface area contributed by atoms with Crippen molar-refractivity contribution in [1.29, 1.82) is 0 Å². The molecule has 3 amide bonds. The Morgan fingerprint density at radius 3 is 2.25 bits per heavy atom. The van der Waals surface area contributed by atoms with Crippen LogP contribution in [0.5, 0.6) is 0 Å². The molecule has 0 heterocycles. The van der Waals surface area contributed by atoms with E-state index < -0.39 is 0 Å². The molecule has 20 heavy (non-hydrogen) atoms. The normalized spacial score (nSPS) is 9.70. The van der Waals surface area contributed by atoms with Crippen molar-refractivity contribution in [2.75, 3.05) is 25.5 Å². The van der Waals surface area contributed by atoms with Gasteiger partial charge in [-0.15, -0.1) is 0 Å². The molecule has 1 aromatic carbocycles. The number of hydrogen-bond acceptors (Lipinski definition) is 4. The van der Waals surface area contributed by atoms with Gasteiger partial charge in [-0.3, -0.25) is 14.4 Å². The molecular formula is C13H18N4O3. The number of anilines is 1. The molecule has 0 aliphatic carbocycles. The van der Waals surface area contributed by atoms with Gasteiger partial charge in [0.2, 0.25) is 17.7 Å². The molecule has 0 aliphatic rings. The van der Waals surface area contributed by atoms with E-state index in [0.717, 1.165) is 5.56 Å². The Bertz CT molecular complexity index is 485. The lowest BCUT2D eigenvalue weighted by Crippen LogP contribution is -2.36. The first-order valence-corrected chi connectivity index (χ1v) is 6.11. The lowest BCUT2D eigenvalue weighted by atomic mass is 10.1. The van der Waals surface area contributed by atoms with Gasteiger partial charge in [0.25, 0.3) is 0 Å². The number of carbonyl (C=O) groups is 3. The molecule has 0 spiro atoms. The average molecular weight is 278 g/mol. The summed E-state index contributed by atoms with van der Waals surface area (Å²) in [5.41, 5.74) is 6.54. The Morgan fingerprint density at radius 1 is 1.05 bits per heavy atom. The highest BCUT2D eigenvalue weighted by Gasteiger charge is 2.05. The second-order valence-electron chi connectivity index (χ2n) is 4.08. The Kier molecular flexibility index (Phi) is 6.18. The third kappa shape index (κ3) is 5.49. The average Bonchev–Trinajstić information content (AvgIpc) is 2.46. The Labute approximate surface area is 116 Å². The van der Waals surface area contributed by atoms with Crippen LogP contribution >= 0.6 is 0 Å². The second-order valence-corrected chi connectivity index (χ2v) is 4.08. The number of rotatable bonds is 6. The zero-order valence-electron chi connectivity index (χ0n) is 11.2. The summed E-state index contributed by atoms with van der Waals surface area (Å²) >= 11 is 0. The van der Waals surface area contributed by atoms with E-state index in [9.17, 15) is 14.4 Å². The van der Waals surface area contributed by atoms with E-state index in [0.29, 0.717) is 5.69 Å². The van der Waals surface area contributed by atoms with Crippen LogP contribution in [-0.2, 0) is 20.8 Å². The summed E-state index contributed by atoms with van der Waals surface area (Å²) < 4.78 is 0. The summed E-state index contributed by atoms with van der Waals surface area (Å²) in [5.74, 6) is -0.807. The molecule has 0 bridgehead atoms. The minimum Gasteiger partial charge on any atom is -0.359 e. The minimum atomic E-state index is -0.388. The van der Waals surface area contributed by atoms with Crippen LogP contribution in [0.3, 0.4) is 0 Å².